The fraction of sp³-hybridized carbons (Fsp3) is 0.174. The van der Waals surface area contributed by atoms with Crippen LogP contribution < -0.4 is 19.1 Å². The Bertz CT molecular complexity index is 1250. The zero-order chi connectivity index (χ0) is 22.7. The number of rotatable bonds is 7. The van der Waals surface area contributed by atoms with Crippen LogP contribution in [0.2, 0.25) is 0 Å². The van der Waals surface area contributed by atoms with Crippen molar-refractivity contribution in [3.8, 4) is 11.5 Å². The zero-order valence-corrected chi connectivity index (χ0v) is 18.1. The first-order valence-electron chi connectivity index (χ1n) is 9.84. The van der Waals surface area contributed by atoms with Crippen LogP contribution in [0, 0.1) is 12.7 Å². The highest BCUT2D eigenvalue weighted by Gasteiger charge is 2.29. The molecule has 3 aromatic carbocycles. The number of anilines is 1. The van der Waals surface area contributed by atoms with Crippen molar-refractivity contribution in [1.29, 1.82) is 0 Å². The number of fused-ring (bicyclic) bond motifs is 1. The first-order valence-corrected chi connectivity index (χ1v) is 11.3. The molecule has 1 amide bonds. The Balaban J connectivity index is 1.56. The molecule has 0 bridgehead atoms. The van der Waals surface area contributed by atoms with E-state index in [1.54, 1.807) is 30.3 Å². The molecule has 0 aliphatic carbocycles. The monoisotopic (exact) mass is 456 g/mol. The summed E-state index contributed by atoms with van der Waals surface area (Å²) in [6.45, 7) is 1.53. The summed E-state index contributed by atoms with van der Waals surface area (Å²) >= 11 is 0. The smallest absolute Gasteiger partial charge is 0.264 e. The van der Waals surface area contributed by atoms with Crippen molar-refractivity contribution >= 4 is 21.6 Å². The van der Waals surface area contributed by atoms with E-state index in [9.17, 15) is 17.6 Å². The largest absolute Gasteiger partial charge is 0.454 e. The molecule has 0 radical (unpaired) electrons. The number of sulfonamides is 1. The minimum atomic E-state index is -4.18. The number of nitrogens with one attached hydrogen (secondary N) is 1. The summed E-state index contributed by atoms with van der Waals surface area (Å²) in [5.74, 6) is -0.130. The third-order valence-corrected chi connectivity index (χ3v) is 6.72. The second-order valence-corrected chi connectivity index (χ2v) is 9.10. The first-order chi connectivity index (χ1) is 15.3. The van der Waals surface area contributed by atoms with Crippen LogP contribution in [0.1, 0.15) is 11.1 Å². The van der Waals surface area contributed by atoms with E-state index in [1.165, 1.54) is 30.3 Å². The molecule has 0 saturated heterocycles. The molecule has 1 N–H and O–H groups in total. The summed E-state index contributed by atoms with van der Waals surface area (Å²) in [4.78, 5) is 12.6. The van der Waals surface area contributed by atoms with E-state index < -0.39 is 28.3 Å². The van der Waals surface area contributed by atoms with Gasteiger partial charge < -0.3 is 14.8 Å². The lowest BCUT2D eigenvalue weighted by molar-refractivity contribution is -0.119. The van der Waals surface area contributed by atoms with Gasteiger partial charge in [-0.15, -0.1) is 0 Å². The number of aryl methyl sites for hydroxylation is 1. The maximum absolute atomic E-state index is 14.5. The molecule has 7 nitrogen and oxygen atoms in total. The lowest BCUT2D eigenvalue weighted by Crippen LogP contribution is -2.41. The first kappa shape index (κ1) is 21.6. The quantitative estimate of drug-likeness (QED) is 0.589. The molecule has 0 spiro atoms. The molecule has 0 atom stereocenters. The molecule has 4 rings (SSSR count). The summed E-state index contributed by atoms with van der Waals surface area (Å²) in [5.41, 5.74) is 1.43. The molecule has 0 unspecified atom stereocenters. The van der Waals surface area contributed by atoms with Gasteiger partial charge in [-0.25, -0.2) is 12.8 Å². The number of carbonyl (C=O) groups is 1. The predicted octanol–water partition coefficient (Wildman–Crippen LogP) is 3.37. The number of para-hydroxylation sites is 1. The molecule has 0 fully saturated rings. The summed E-state index contributed by atoms with van der Waals surface area (Å²) in [6.07, 6.45) is 0. The van der Waals surface area contributed by atoms with Crippen LogP contribution in [0.25, 0.3) is 0 Å². The standard InChI is InChI=1S/C23H21FN2O5S/c1-16-6-9-18(10-7-16)32(28,29)26(20-5-3-2-4-19(20)24)14-23(27)25-13-17-8-11-21-22(12-17)31-15-30-21/h2-12H,13-15H2,1H3,(H,25,27). The van der Waals surface area contributed by atoms with Crippen LogP contribution in [-0.4, -0.2) is 27.7 Å². The lowest BCUT2D eigenvalue weighted by atomic mass is 10.2. The Hall–Kier alpha value is -3.59. The average molecular weight is 456 g/mol. The molecule has 1 heterocycles. The van der Waals surface area contributed by atoms with Gasteiger partial charge in [0.05, 0.1) is 10.6 Å². The van der Waals surface area contributed by atoms with E-state index in [4.69, 9.17) is 9.47 Å². The van der Waals surface area contributed by atoms with E-state index in [0.717, 1.165) is 21.5 Å². The van der Waals surface area contributed by atoms with Gasteiger partial charge in [-0.3, -0.25) is 9.10 Å². The molecular weight excluding hydrogens is 435 g/mol. The van der Waals surface area contributed by atoms with Gasteiger partial charge >= 0.3 is 0 Å². The summed E-state index contributed by atoms with van der Waals surface area (Å²) in [7, 11) is -4.18. The normalized spacial score (nSPS) is 12.4. The van der Waals surface area contributed by atoms with Gasteiger partial charge in [0.2, 0.25) is 12.7 Å². The maximum Gasteiger partial charge on any atom is 0.264 e. The highest BCUT2D eigenvalue weighted by molar-refractivity contribution is 7.92. The summed E-state index contributed by atoms with van der Waals surface area (Å²) in [6, 6.07) is 16.8. The van der Waals surface area contributed by atoms with Crippen molar-refractivity contribution in [3.63, 3.8) is 0 Å². The molecule has 0 aromatic heterocycles. The Morgan fingerprint density at radius 2 is 1.75 bits per heavy atom. The van der Waals surface area contributed by atoms with Gasteiger partial charge in [-0.2, -0.15) is 0 Å². The van der Waals surface area contributed by atoms with Crippen LogP contribution in [0.15, 0.2) is 71.6 Å². The lowest BCUT2D eigenvalue weighted by Gasteiger charge is -2.24. The van der Waals surface area contributed by atoms with Crippen LogP contribution in [0.3, 0.4) is 0 Å². The minimum Gasteiger partial charge on any atom is -0.454 e. The van der Waals surface area contributed by atoms with Gasteiger partial charge in [0.25, 0.3) is 10.0 Å². The van der Waals surface area contributed by atoms with Gasteiger partial charge in [0.15, 0.2) is 11.5 Å². The Morgan fingerprint density at radius 3 is 2.50 bits per heavy atom. The molecule has 32 heavy (non-hydrogen) atoms. The molecule has 9 heteroatoms. The number of hydrogen-bond acceptors (Lipinski definition) is 5. The second-order valence-electron chi connectivity index (χ2n) is 7.24. The number of nitrogens with zero attached hydrogens (tertiary/aromatic N) is 1. The second kappa shape index (κ2) is 8.88. The minimum absolute atomic E-state index is 0.0325. The van der Waals surface area contributed by atoms with Crippen molar-refractivity contribution in [3.05, 3.63) is 83.7 Å². The van der Waals surface area contributed by atoms with Crippen LogP contribution in [0.4, 0.5) is 10.1 Å². The maximum atomic E-state index is 14.5. The van der Waals surface area contributed by atoms with Crippen molar-refractivity contribution in [2.45, 2.75) is 18.4 Å². The van der Waals surface area contributed by atoms with Crippen molar-refractivity contribution in [2.75, 3.05) is 17.6 Å². The molecule has 1 aliphatic heterocycles. The van der Waals surface area contributed by atoms with Crippen molar-refractivity contribution in [1.82, 2.24) is 5.32 Å². The van der Waals surface area contributed by atoms with E-state index in [-0.39, 0.29) is 23.9 Å². The third kappa shape index (κ3) is 4.52. The zero-order valence-electron chi connectivity index (χ0n) is 17.2. The molecule has 1 aliphatic rings. The average Bonchev–Trinajstić information content (AvgIpc) is 3.25. The van der Waals surface area contributed by atoms with E-state index in [1.807, 2.05) is 6.92 Å². The van der Waals surface area contributed by atoms with Gasteiger partial charge in [-0.1, -0.05) is 35.9 Å². The van der Waals surface area contributed by atoms with Gasteiger partial charge in [-0.05, 0) is 48.9 Å². The fourth-order valence-corrected chi connectivity index (χ4v) is 4.66. The number of hydrogen-bond donors (Lipinski definition) is 1. The number of amides is 1. The Morgan fingerprint density at radius 1 is 1.03 bits per heavy atom. The van der Waals surface area contributed by atoms with E-state index in [0.29, 0.717) is 11.5 Å². The van der Waals surface area contributed by atoms with Crippen LogP contribution >= 0.6 is 0 Å². The van der Waals surface area contributed by atoms with Crippen molar-refractivity contribution in [2.24, 2.45) is 0 Å². The van der Waals surface area contributed by atoms with E-state index >= 15 is 0 Å². The number of halogens is 1. The van der Waals surface area contributed by atoms with Gasteiger partial charge in [0.1, 0.15) is 12.4 Å². The number of ether oxygens (including phenoxy) is 2. The van der Waals surface area contributed by atoms with Crippen LogP contribution in [0.5, 0.6) is 11.5 Å². The fourth-order valence-electron chi connectivity index (χ4n) is 3.23. The number of carbonyl (C=O) groups excluding carboxylic acids is 1. The summed E-state index contributed by atoms with van der Waals surface area (Å²) < 4.78 is 52.4. The third-order valence-electron chi connectivity index (χ3n) is 4.94. The van der Waals surface area contributed by atoms with Gasteiger partial charge in [0, 0.05) is 6.54 Å². The molecule has 0 saturated carbocycles. The Kier molecular flexibility index (Phi) is 6.00. The van der Waals surface area contributed by atoms with E-state index in [2.05, 4.69) is 5.32 Å². The highest BCUT2D eigenvalue weighted by atomic mass is 32.2. The van der Waals surface area contributed by atoms with Crippen LogP contribution in [-0.2, 0) is 21.4 Å². The Labute approximate surface area is 185 Å². The van der Waals surface area contributed by atoms with Crippen molar-refractivity contribution < 1.29 is 27.1 Å². The predicted molar refractivity (Wildman–Crippen MR) is 117 cm³/mol. The molecule has 3 aromatic rings. The molecular formula is C23H21FN2O5S. The topological polar surface area (TPSA) is 84.9 Å². The SMILES string of the molecule is Cc1ccc(S(=O)(=O)N(CC(=O)NCc2ccc3c(c2)OCO3)c2ccccc2F)cc1. The highest BCUT2D eigenvalue weighted by Crippen LogP contribution is 2.32. The molecule has 166 valence electrons. The number of benzene rings is 3. The summed E-state index contributed by atoms with van der Waals surface area (Å²) in [5, 5.41) is 2.68.